The molecule has 1 heterocycles. The summed E-state index contributed by atoms with van der Waals surface area (Å²) in [5, 5.41) is 3.92. The van der Waals surface area contributed by atoms with E-state index in [1.54, 1.807) is 17.4 Å². The van der Waals surface area contributed by atoms with Gasteiger partial charge in [0.15, 0.2) is 0 Å². The van der Waals surface area contributed by atoms with Gasteiger partial charge in [-0.1, -0.05) is 36.2 Å². The first kappa shape index (κ1) is 15.8. The molecule has 20 heavy (non-hydrogen) atoms. The van der Waals surface area contributed by atoms with E-state index in [9.17, 15) is 4.39 Å². The van der Waals surface area contributed by atoms with Crippen LogP contribution in [0, 0.1) is 5.82 Å². The van der Waals surface area contributed by atoms with Crippen molar-refractivity contribution in [1.82, 2.24) is 5.32 Å². The number of hydrogen-bond donors (Lipinski definition) is 1. The zero-order valence-electron chi connectivity index (χ0n) is 11.1. The minimum atomic E-state index is -0.313. The maximum atomic E-state index is 13.2. The summed E-state index contributed by atoms with van der Waals surface area (Å²) in [6.45, 7) is 3.00. The molecule has 1 nitrogen and oxygen atoms in total. The fourth-order valence-corrected chi connectivity index (χ4v) is 3.49. The average molecular weight is 332 g/mol. The van der Waals surface area contributed by atoms with Crippen LogP contribution in [0.1, 0.15) is 29.8 Å². The molecule has 0 amide bonds. The lowest BCUT2D eigenvalue weighted by Gasteiger charge is -2.19. The quantitative estimate of drug-likeness (QED) is 0.739. The number of benzene rings is 1. The summed E-state index contributed by atoms with van der Waals surface area (Å²) in [5.74, 6) is -0.313. The lowest BCUT2D eigenvalue weighted by atomic mass is 10.0. The molecule has 1 aromatic heterocycles. The van der Waals surface area contributed by atoms with Gasteiger partial charge in [-0.2, -0.15) is 0 Å². The Hall–Kier alpha value is -0.610. The first-order valence-electron chi connectivity index (χ1n) is 6.52. The number of thiophene rings is 1. The van der Waals surface area contributed by atoms with Gasteiger partial charge < -0.3 is 5.32 Å². The minimum absolute atomic E-state index is 0.0674. The van der Waals surface area contributed by atoms with Crippen LogP contribution in [-0.4, -0.2) is 6.54 Å². The maximum Gasteiger partial charge on any atom is 0.124 e. The first-order valence-corrected chi connectivity index (χ1v) is 8.10. The Morgan fingerprint density at radius 2 is 2.05 bits per heavy atom. The first-order chi connectivity index (χ1) is 9.60. The molecule has 0 saturated heterocycles. The fraction of sp³-hybridized carbons (Fsp3) is 0.333. The van der Waals surface area contributed by atoms with Crippen LogP contribution in [0.2, 0.25) is 9.36 Å². The SMILES string of the molecule is CCCNC(Cc1ccc(Cl)s1)c1ccc(F)cc1Cl. The zero-order valence-corrected chi connectivity index (χ0v) is 13.5. The Morgan fingerprint density at radius 3 is 2.65 bits per heavy atom. The summed E-state index contributed by atoms with van der Waals surface area (Å²) in [6.07, 6.45) is 1.82. The molecule has 5 heteroatoms. The number of rotatable bonds is 6. The van der Waals surface area contributed by atoms with Crippen molar-refractivity contribution in [2.45, 2.75) is 25.8 Å². The Balaban J connectivity index is 2.22. The molecule has 0 spiro atoms. The standard InChI is InChI=1S/C15H16Cl2FNS/c1-2-7-19-14(9-11-4-6-15(17)20-11)12-5-3-10(18)8-13(12)16/h3-6,8,14,19H,2,7,9H2,1H3. The normalized spacial score (nSPS) is 12.6. The Bertz CT molecular complexity index is 571. The smallest absolute Gasteiger partial charge is 0.124 e. The highest BCUT2D eigenvalue weighted by Gasteiger charge is 2.16. The van der Waals surface area contributed by atoms with E-state index in [-0.39, 0.29) is 11.9 Å². The van der Waals surface area contributed by atoms with Gasteiger partial charge in [-0.3, -0.25) is 0 Å². The Morgan fingerprint density at radius 1 is 1.25 bits per heavy atom. The van der Waals surface area contributed by atoms with E-state index >= 15 is 0 Å². The van der Waals surface area contributed by atoms with E-state index in [0.29, 0.717) is 5.02 Å². The maximum absolute atomic E-state index is 13.2. The molecule has 0 saturated carbocycles. The van der Waals surface area contributed by atoms with Gasteiger partial charge >= 0.3 is 0 Å². The summed E-state index contributed by atoms with van der Waals surface area (Å²) in [4.78, 5) is 1.18. The molecule has 2 aromatic rings. The monoisotopic (exact) mass is 331 g/mol. The molecular formula is C15H16Cl2FNS. The summed E-state index contributed by atoms with van der Waals surface area (Å²) >= 11 is 13.7. The van der Waals surface area contributed by atoms with Gasteiger partial charge in [0.05, 0.1) is 4.34 Å². The van der Waals surface area contributed by atoms with Crippen molar-refractivity contribution in [3.8, 4) is 0 Å². The van der Waals surface area contributed by atoms with E-state index in [4.69, 9.17) is 23.2 Å². The Kier molecular flexibility index (Phi) is 5.85. The van der Waals surface area contributed by atoms with Gasteiger partial charge in [-0.05, 0) is 42.8 Å². The van der Waals surface area contributed by atoms with Crippen molar-refractivity contribution in [3.05, 3.63) is 55.9 Å². The van der Waals surface area contributed by atoms with Crippen LogP contribution in [0.3, 0.4) is 0 Å². The van der Waals surface area contributed by atoms with Gasteiger partial charge in [0.2, 0.25) is 0 Å². The molecule has 0 aliphatic carbocycles. The summed E-state index contributed by atoms with van der Waals surface area (Å²) in [5.41, 5.74) is 0.922. The fourth-order valence-electron chi connectivity index (χ4n) is 2.06. The third-order valence-corrected chi connectivity index (χ3v) is 4.59. The highest BCUT2D eigenvalue weighted by molar-refractivity contribution is 7.16. The topological polar surface area (TPSA) is 12.0 Å². The summed E-state index contributed by atoms with van der Waals surface area (Å²) in [7, 11) is 0. The third kappa shape index (κ3) is 4.19. The van der Waals surface area contributed by atoms with Crippen LogP contribution < -0.4 is 5.32 Å². The molecule has 0 aliphatic heterocycles. The average Bonchev–Trinajstić information content (AvgIpc) is 2.80. The van der Waals surface area contributed by atoms with Crippen molar-refractivity contribution in [2.75, 3.05) is 6.54 Å². The molecule has 1 atom stereocenters. The van der Waals surface area contributed by atoms with Crippen molar-refractivity contribution in [1.29, 1.82) is 0 Å². The lowest BCUT2D eigenvalue weighted by molar-refractivity contribution is 0.530. The largest absolute Gasteiger partial charge is 0.310 e. The molecule has 0 fully saturated rings. The summed E-state index contributed by atoms with van der Waals surface area (Å²) in [6, 6.07) is 8.54. The number of halogens is 3. The van der Waals surface area contributed by atoms with Gasteiger partial charge in [-0.15, -0.1) is 11.3 Å². The van der Waals surface area contributed by atoms with Crippen LogP contribution >= 0.6 is 34.5 Å². The van der Waals surface area contributed by atoms with E-state index in [0.717, 1.165) is 29.3 Å². The molecular weight excluding hydrogens is 316 g/mol. The van der Waals surface area contributed by atoms with Crippen molar-refractivity contribution < 1.29 is 4.39 Å². The predicted octanol–water partition coefficient (Wildman–Crippen LogP) is 5.48. The molecule has 0 bridgehead atoms. The third-order valence-electron chi connectivity index (χ3n) is 3.01. The van der Waals surface area contributed by atoms with Gasteiger partial charge in [-0.25, -0.2) is 4.39 Å². The zero-order chi connectivity index (χ0) is 14.5. The molecule has 2 rings (SSSR count). The second-order valence-corrected chi connectivity index (χ2v) is 6.79. The number of nitrogens with one attached hydrogen (secondary N) is 1. The number of hydrogen-bond acceptors (Lipinski definition) is 2. The van der Waals surface area contributed by atoms with Crippen molar-refractivity contribution in [2.24, 2.45) is 0 Å². The van der Waals surface area contributed by atoms with Crippen molar-refractivity contribution >= 4 is 34.5 Å². The van der Waals surface area contributed by atoms with E-state index in [1.807, 2.05) is 12.1 Å². The minimum Gasteiger partial charge on any atom is -0.310 e. The second-order valence-electron chi connectivity index (χ2n) is 4.58. The Labute approximate surface area is 132 Å². The van der Waals surface area contributed by atoms with Crippen LogP contribution in [0.5, 0.6) is 0 Å². The van der Waals surface area contributed by atoms with Gasteiger partial charge in [0, 0.05) is 22.4 Å². The lowest BCUT2D eigenvalue weighted by Crippen LogP contribution is -2.24. The molecule has 1 N–H and O–H groups in total. The highest BCUT2D eigenvalue weighted by Crippen LogP contribution is 2.30. The van der Waals surface area contributed by atoms with Crippen LogP contribution in [0.15, 0.2) is 30.3 Å². The van der Waals surface area contributed by atoms with Crippen molar-refractivity contribution in [3.63, 3.8) is 0 Å². The molecule has 0 aliphatic rings. The summed E-state index contributed by atoms with van der Waals surface area (Å²) < 4.78 is 14.0. The van der Waals surface area contributed by atoms with E-state index < -0.39 is 0 Å². The van der Waals surface area contributed by atoms with E-state index in [1.165, 1.54) is 17.0 Å². The highest BCUT2D eigenvalue weighted by atomic mass is 35.5. The van der Waals surface area contributed by atoms with Gasteiger partial charge in [0.1, 0.15) is 5.82 Å². The second kappa shape index (κ2) is 7.41. The van der Waals surface area contributed by atoms with E-state index in [2.05, 4.69) is 12.2 Å². The van der Waals surface area contributed by atoms with Crippen LogP contribution in [0.25, 0.3) is 0 Å². The molecule has 1 aromatic carbocycles. The van der Waals surface area contributed by atoms with Crippen LogP contribution in [0.4, 0.5) is 4.39 Å². The predicted molar refractivity (Wildman–Crippen MR) is 85.5 cm³/mol. The molecule has 0 radical (unpaired) electrons. The molecule has 108 valence electrons. The van der Waals surface area contributed by atoms with Gasteiger partial charge in [0.25, 0.3) is 0 Å². The molecule has 1 unspecified atom stereocenters. The van der Waals surface area contributed by atoms with Crippen LogP contribution in [-0.2, 0) is 6.42 Å².